The van der Waals surface area contributed by atoms with Crippen LogP contribution in [0.2, 0.25) is 5.02 Å². The Balaban J connectivity index is 1.48. The Kier molecular flexibility index (Phi) is 4.86. The van der Waals surface area contributed by atoms with Crippen LogP contribution in [0.3, 0.4) is 0 Å². The van der Waals surface area contributed by atoms with Gasteiger partial charge in [0.1, 0.15) is 5.75 Å². The number of aromatic nitrogens is 1. The van der Waals surface area contributed by atoms with Crippen LogP contribution < -0.4 is 15.0 Å². The molecule has 3 aromatic rings. The molecule has 0 radical (unpaired) electrons. The first-order valence-corrected chi connectivity index (χ1v) is 11.9. The molecule has 0 saturated carbocycles. The predicted octanol–water partition coefficient (Wildman–Crippen LogP) is 2.96. The van der Waals surface area contributed by atoms with E-state index in [9.17, 15) is 14.4 Å². The number of benzene rings is 1. The molecule has 8 nitrogen and oxygen atoms in total. The van der Waals surface area contributed by atoms with Crippen LogP contribution in [0.1, 0.15) is 17.7 Å². The van der Waals surface area contributed by atoms with E-state index in [2.05, 4.69) is 10.3 Å². The van der Waals surface area contributed by atoms with E-state index in [1.54, 1.807) is 12.3 Å². The van der Waals surface area contributed by atoms with Gasteiger partial charge in [-0.25, -0.2) is 0 Å². The molecule has 1 N–H and O–H groups in total. The molecule has 33 heavy (non-hydrogen) atoms. The number of rotatable bonds is 4. The molecule has 3 amide bonds. The number of amides is 3. The van der Waals surface area contributed by atoms with Crippen LogP contribution in [-0.4, -0.2) is 53.3 Å². The van der Waals surface area contributed by atoms with E-state index in [1.165, 1.54) is 16.2 Å². The minimum Gasteiger partial charge on any atom is -0.481 e. The number of anilines is 1. The van der Waals surface area contributed by atoms with Crippen molar-refractivity contribution in [2.75, 3.05) is 24.6 Å². The molecule has 0 aliphatic carbocycles. The number of carbonyl (C=O) groups is 3. The second-order valence-corrected chi connectivity index (χ2v) is 9.90. The Morgan fingerprint density at radius 1 is 1.09 bits per heavy atom. The molecule has 2 saturated heterocycles. The van der Waals surface area contributed by atoms with E-state index in [0.717, 1.165) is 45.0 Å². The maximum absolute atomic E-state index is 12.8. The molecular weight excluding hydrogens is 464 g/mol. The third-order valence-electron chi connectivity index (χ3n) is 6.25. The Morgan fingerprint density at radius 2 is 1.88 bits per heavy atom. The van der Waals surface area contributed by atoms with Gasteiger partial charge in [0.15, 0.2) is 6.61 Å². The van der Waals surface area contributed by atoms with Crippen LogP contribution in [0.5, 0.6) is 5.75 Å². The highest BCUT2D eigenvalue weighted by Crippen LogP contribution is 2.47. The van der Waals surface area contributed by atoms with Crippen molar-refractivity contribution in [3.8, 4) is 16.9 Å². The van der Waals surface area contributed by atoms with Crippen molar-refractivity contribution in [2.24, 2.45) is 0 Å². The number of hydrogen-bond donors (Lipinski definition) is 1. The van der Waals surface area contributed by atoms with Crippen molar-refractivity contribution in [2.45, 2.75) is 25.4 Å². The van der Waals surface area contributed by atoms with Gasteiger partial charge in [-0.3, -0.25) is 29.2 Å². The van der Waals surface area contributed by atoms with Gasteiger partial charge in [0, 0.05) is 59.2 Å². The zero-order valence-electron chi connectivity index (χ0n) is 17.5. The summed E-state index contributed by atoms with van der Waals surface area (Å²) >= 11 is 7.94. The molecule has 2 aromatic heterocycles. The number of imide groups is 1. The van der Waals surface area contributed by atoms with Crippen molar-refractivity contribution in [3.05, 3.63) is 40.4 Å². The topological polar surface area (TPSA) is 91.8 Å². The Labute approximate surface area is 198 Å². The largest absolute Gasteiger partial charge is 0.481 e. The zero-order valence-corrected chi connectivity index (χ0v) is 19.0. The average molecular weight is 483 g/mol. The van der Waals surface area contributed by atoms with Crippen LogP contribution in [0.15, 0.2) is 30.5 Å². The predicted molar refractivity (Wildman–Crippen MR) is 124 cm³/mol. The number of nitrogens with zero attached hydrogens (tertiary/aromatic N) is 3. The van der Waals surface area contributed by atoms with Gasteiger partial charge in [-0.05, 0) is 18.2 Å². The van der Waals surface area contributed by atoms with E-state index < -0.39 is 0 Å². The molecule has 0 atom stereocenters. The molecule has 3 aliphatic heterocycles. The lowest BCUT2D eigenvalue weighted by Gasteiger charge is -2.41. The van der Waals surface area contributed by atoms with E-state index in [-0.39, 0.29) is 49.8 Å². The molecule has 0 spiro atoms. The summed E-state index contributed by atoms with van der Waals surface area (Å²) in [6, 6.07) is 7.47. The number of halogens is 1. The second kappa shape index (κ2) is 7.79. The monoisotopic (exact) mass is 482 g/mol. The summed E-state index contributed by atoms with van der Waals surface area (Å²) in [6.45, 7) is 1.67. The highest BCUT2D eigenvalue weighted by molar-refractivity contribution is 7.19. The van der Waals surface area contributed by atoms with Crippen LogP contribution in [0.4, 0.5) is 5.69 Å². The quantitative estimate of drug-likeness (QED) is 0.575. The Hall–Kier alpha value is -3.01. The van der Waals surface area contributed by atoms with Gasteiger partial charge in [-0.2, -0.15) is 0 Å². The number of fused-ring (bicyclic) bond motifs is 2. The molecule has 3 aliphatic rings. The van der Waals surface area contributed by atoms with Gasteiger partial charge in [0.2, 0.25) is 11.8 Å². The van der Waals surface area contributed by atoms with E-state index in [0.29, 0.717) is 10.8 Å². The molecule has 10 heteroatoms. The lowest BCUT2D eigenvalue weighted by molar-refractivity contribution is -0.139. The van der Waals surface area contributed by atoms with E-state index >= 15 is 0 Å². The SMILES string of the molecule is O=C1CCC(=O)N1Cc1cc2nccc(-c3cc(Cl)cc4c3N(C3CNC3)C(=O)CO4)c2s1. The average Bonchev–Trinajstić information content (AvgIpc) is 3.31. The molecule has 1 aromatic carbocycles. The molecule has 2 fully saturated rings. The lowest BCUT2D eigenvalue weighted by atomic mass is 9.99. The van der Waals surface area contributed by atoms with Crippen molar-refractivity contribution < 1.29 is 19.1 Å². The fourth-order valence-corrected chi connectivity index (χ4v) is 5.89. The van der Waals surface area contributed by atoms with Crippen molar-refractivity contribution in [1.82, 2.24) is 15.2 Å². The minimum absolute atomic E-state index is 0.0178. The van der Waals surface area contributed by atoms with Crippen molar-refractivity contribution >= 4 is 56.6 Å². The molecule has 168 valence electrons. The van der Waals surface area contributed by atoms with Crippen molar-refractivity contribution in [3.63, 3.8) is 0 Å². The third-order valence-corrected chi connectivity index (χ3v) is 7.61. The van der Waals surface area contributed by atoms with Crippen LogP contribution in [0, 0.1) is 0 Å². The normalized spacial score (nSPS) is 18.6. The maximum atomic E-state index is 12.8. The third kappa shape index (κ3) is 3.38. The summed E-state index contributed by atoms with van der Waals surface area (Å²) in [5.74, 6) is 0.213. The van der Waals surface area contributed by atoms with E-state index in [4.69, 9.17) is 16.3 Å². The summed E-state index contributed by atoms with van der Waals surface area (Å²) < 4.78 is 6.67. The summed E-state index contributed by atoms with van der Waals surface area (Å²) in [4.78, 5) is 45.5. The standard InChI is InChI=1S/C23H19ClN4O4S/c24-12-5-16(22-18(6-12)32-11-21(31)28(22)13-8-25-9-13)15-3-4-26-17-7-14(33-23(15)17)10-27-19(29)1-2-20(27)30/h3-7,13,25H,1-2,8-11H2. The number of ether oxygens (including phenoxy) is 1. The highest BCUT2D eigenvalue weighted by Gasteiger charge is 2.37. The van der Waals surface area contributed by atoms with Crippen LogP contribution in [-0.2, 0) is 20.9 Å². The Bertz CT molecular complexity index is 1320. The molecule has 0 bridgehead atoms. The molecule has 0 unspecified atom stereocenters. The summed E-state index contributed by atoms with van der Waals surface area (Å²) in [5, 5.41) is 3.74. The summed E-state index contributed by atoms with van der Waals surface area (Å²) in [6.07, 6.45) is 2.25. The molecule has 6 rings (SSSR count). The van der Waals surface area contributed by atoms with Gasteiger partial charge in [-0.15, -0.1) is 11.3 Å². The fourth-order valence-electron chi connectivity index (χ4n) is 4.55. The second-order valence-electron chi connectivity index (χ2n) is 8.32. The van der Waals surface area contributed by atoms with Gasteiger partial charge in [0.25, 0.3) is 5.91 Å². The minimum atomic E-state index is -0.144. The molecular formula is C23H19ClN4O4S. The number of thiophene rings is 1. The molecule has 5 heterocycles. The smallest absolute Gasteiger partial charge is 0.265 e. The zero-order chi connectivity index (χ0) is 22.7. The summed E-state index contributed by atoms with van der Waals surface area (Å²) in [5.41, 5.74) is 3.16. The Morgan fingerprint density at radius 3 is 2.61 bits per heavy atom. The van der Waals surface area contributed by atoms with Gasteiger partial charge in [-0.1, -0.05) is 11.6 Å². The first-order chi connectivity index (χ1) is 16.0. The number of likely N-dealkylation sites (tertiary alicyclic amines) is 1. The van der Waals surface area contributed by atoms with Gasteiger partial charge < -0.3 is 10.1 Å². The highest BCUT2D eigenvalue weighted by atomic mass is 35.5. The first kappa shape index (κ1) is 20.6. The number of pyridine rings is 1. The number of carbonyl (C=O) groups excluding carboxylic acids is 3. The lowest BCUT2D eigenvalue weighted by Crippen LogP contribution is -2.61. The summed E-state index contributed by atoms with van der Waals surface area (Å²) in [7, 11) is 0. The van der Waals surface area contributed by atoms with Gasteiger partial charge in [0.05, 0.1) is 28.5 Å². The van der Waals surface area contributed by atoms with Crippen molar-refractivity contribution in [1.29, 1.82) is 0 Å². The van der Waals surface area contributed by atoms with E-state index in [1.807, 2.05) is 23.1 Å². The number of hydrogen-bond acceptors (Lipinski definition) is 7. The van der Waals surface area contributed by atoms with Gasteiger partial charge >= 0.3 is 0 Å². The van der Waals surface area contributed by atoms with Crippen LogP contribution >= 0.6 is 22.9 Å². The first-order valence-electron chi connectivity index (χ1n) is 10.7. The maximum Gasteiger partial charge on any atom is 0.265 e. The fraction of sp³-hybridized carbons (Fsp3) is 0.304. The number of nitrogens with one attached hydrogen (secondary N) is 1. The van der Waals surface area contributed by atoms with Crippen LogP contribution in [0.25, 0.3) is 21.3 Å².